The molecule has 0 aromatic heterocycles. The van der Waals surface area contributed by atoms with Crippen molar-refractivity contribution >= 4 is 8.32 Å². The molecule has 0 aliphatic rings. The Morgan fingerprint density at radius 2 is 1.17 bits per heavy atom. The third-order valence-electron chi connectivity index (χ3n) is 7.17. The normalized spacial score (nSPS) is 15.9. The minimum atomic E-state index is -1.73. The second kappa shape index (κ2) is 16.7. The van der Waals surface area contributed by atoms with E-state index < -0.39 is 20.5 Å². The lowest BCUT2D eigenvalue weighted by Gasteiger charge is -2.36. The van der Waals surface area contributed by atoms with E-state index >= 15 is 0 Å². The predicted molar refractivity (Wildman–Crippen MR) is 135 cm³/mol. The van der Waals surface area contributed by atoms with E-state index in [1.807, 2.05) is 6.92 Å². The molecule has 3 atom stereocenters. The van der Waals surface area contributed by atoms with Crippen LogP contribution in [0, 0.1) is 5.92 Å². The minimum absolute atomic E-state index is 0.0714. The van der Waals surface area contributed by atoms with Crippen LogP contribution in [0.15, 0.2) is 0 Å². The van der Waals surface area contributed by atoms with Crippen LogP contribution in [0.25, 0.3) is 0 Å². The zero-order valence-electron chi connectivity index (χ0n) is 21.6. The minimum Gasteiger partial charge on any atom is -0.417 e. The molecular weight excluding hydrogens is 388 g/mol. The zero-order valence-corrected chi connectivity index (χ0v) is 22.6. The molecule has 0 aromatic rings. The molecule has 0 saturated heterocycles. The van der Waals surface area contributed by atoms with Crippen molar-refractivity contribution in [3.8, 4) is 0 Å². The molecule has 3 nitrogen and oxygen atoms in total. The Bertz CT molecular complexity index is 392. The number of rotatable bonds is 19. The highest BCUT2D eigenvalue weighted by atomic mass is 28.4. The lowest BCUT2D eigenvalue weighted by Crippen LogP contribution is -2.41. The van der Waals surface area contributed by atoms with Crippen molar-refractivity contribution in [2.45, 2.75) is 155 Å². The summed E-state index contributed by atoms with van der Waals surface area (Å²) in [6, 6.07) is 0. The molecular formula is C26H56O3Si. The van der Waals surface area contributed by atoms with E-state index in [2.05, 4.69) is 40.8 Å². The van der Waals surface area contributed by atoms with Gasteiger partial charge >= 0.3 is 0 Å². The molecule has 0 rings (SSSR count). The van der Waals surface area contributed by atoms with Crippen LogP contribution in [0.4, 0.5) is 0 Å². The summed E-state index contributed by atoms with van der Waals surface area (Å²) >= 11 is 0. The van der Waals surface area contributed by atoms with E-state index in [-0.39, 0.29) is 11.0 Å². The first kappa shape index (κ1) is 30.1. The summed E-state index contributed by atoms with van der Waals surface area (Å²) in [5, 5.41) is 21.0. The SMILES string of the molecule is CCCCCCCCCCCCCCC(O)[C@@H](O)[C@@H](C)CCO[Si](C)(C)C(C)(C)C. The van der Waals surface area contributed by atoms with Gasteiger partial charge < -0.3 is 14.6 Å². The van der Waals surface area contributed by atoms with E-state index in [1.54, 1.807) is 0 Å². The molecule has 0 aromatic carbocycles. The monoisotopic (exact) mass is 444 g/mol. The quantitative estimate of drug-likeness (QED) is 0.157. The largest absolute Gasteiger partial charge is 0.417 e. The maximum absolute atomic E-state index is 10.5. The molecule has 4 heteroatoms. The van der Waals surface area contributed by atoms with Gasteiger partial charge in [0, 0.05) is 6.61 Å². The summed E-state index contributed by atoms with van der Waals surface area (Å²) in [5.41, 5.74) is 0. The third kappa shape index (κ3) is 14.2. The molecule has 2 N–H and O–H groups in total. The molecule has 30 heavy (non-hydrogen) atoms. The fraction of sp³-hybridized carbons (Fsp3) is 1.00. The summed E-state index contributed by atoms with van der Waals surface area (Å²) in [4.78, 5) is 0. The maximum Gasteiger partial charge on any atom is 0.191 e. The highest BCUT2D eigenvalue weighted by Crippen LogP contribution is 2.36. The molecule has 0 spiro atoms. The zero-order chi connectivity index (χ0) is 23.0. The number of hydrogen-bond acceptors (Lipinski definition) is 3. The average Bonchev–Trinajstić information content (AvgIpc) is 2.66. The Hall–Kier alpha value is 0.0969. The fourth-order valence-electron chi connectivity index (χ4n) is 3.63. The lowest BCUT2D eigenvalue weighted by atomic mass is 9.93. The van der Waals surface area contributed by atoms with Crippen molar-refractivity contribution in [2.24, 2.45) is 5.92 Å². The van der Waals surface area contributed by atoms with Crippen molar-refractivity contribution in [3.63, 3.8) is 0 Å². The molecule has 0 saturated carbocycles. The van der Waals surface area contributed by atoms with Crippen molar-refractivity contribution in [1.82, 2.24) is 0 Å². The molecule has 1 unspecified atom stereocenters. The molecule has 0 heterocycles. The Morgan fingerprint density at radius 3 is 1.60 bits per heavy atom. The third-order valence-corrected chi connectivity index (χ3v) is 11.7. The fourth-order valence-corrected chi connectivity index (χ4v) is 4.69. The van der Waals surface area contributed by atoms with Gasteiger partial charge in [-0.1, -0.05) is 112 Å². The first-order valence-corrected chi connectivity index (χ1v) is 15.9. The number of aliphatic hydroxyl groups is 2. The van der Waals surface area contributed by atoms with Gasteiger partial charge in [0.1, 0.15) is 0 Å². The van der Waals surface area contributed by atoms with Crippen LogP contribution in [-0.4, -0.2) is 37.3 Å². The standard InChI is InChI=1S/C26H56O3Si/c1-8-9-10-11-12-13-14-15-16-17-18-19-20-24(27)25(28)23(2)21-22-29-30(6,7)26(3,4)5/h23-25,27-28H,8-22H2,1-7H3/t23-,24?,25-/m0/s1. The summed E-state index contributed by atoms with van der Waals surface area (Å²) in [6.45, 7) is 16.2. The molecule has 0 amide bonds. The van der Waals surface area contributed by atoms with Crippen LogP contribution in [0.3, 0.4) is 0 Å². The van der Waals surface area contributed by atoms with Gasteiger partial charge in [-0.05, 0) is 36.9 Å². The molecule has 0 fully saturated rings. The molecule has 0 radical (unpaired) electrons. The van der Waals surface area contributed by atoms with Gasteiger partial charge in [0.15, 0.2) is 8.32 Å². The van der Waals surface area contributed by atoms with E-state index in [1.165, 1.54) is 70.6 Å². The van der Waals surface area contributed by atoms with Crippen molar-refractivity contribution < 1.29 is 14.6 Å². The second-order valence-electron chi connectivity index (χ2n) is 11.1. The summed E-state index contributed by atoms with van der Waals surface area (Å²) in [5.74, 6) is 0.0714. The maximum atomic E-state index is 10.5. The van der Waals surface area contributed by atoms with Crippen molar-refractivity contribution in [2.75, 3.05) is 6.61 Å². The summed E-state index contributed by atoms with van der Waals surface area (Å²) < 4.78 is 6.22. The van der Waals surface area contributed by atoms with Crippen LogP contribution in [0.1, 0.15) is 125 Å². The Balaban J connectivity index is 3.72. The second-order valence-corrected chi connectivity index (χ2v) is 15.9. The summed E-state index contributed by atoms with van der Waals surface area (Å²) in [7, 11) is -1.73. The summed E-state index contributed by atoms with van der Waals surface area (Å²) in [6.07, 6.45) is 16.1. The Morgan fingerprint density at radius 1 is 0.733 bits per heavy atom. The number of aliphatic hydroxyl groups excluding tert-OH is 2. The van der Waals surface area contributed by atoms with Crippen LogP contribution in [0.2, 0.25) is 18.1 Å². The van der Waals surface area contributed by atoms with Gasteiger partial charge in [-0.2, -0.15) is 0 Å². The van der Waals surface area contributed by atoms with E-state index in [0.29, 0.717) is 13.0 Å². The first-order chi connectivity index (χ1) is 14.0. The van der Waals surface area contributed by atoms with Gasteiger partial charge in [0.05, 0.1) is 12.2 Å². The highest BCUT2D eigenvalue weighted by molar-refractivity contribution is 6.74. The van der Waals surface area contributed by atoms with Gasteiger partial charge in [0.25, 0.3) is 0 Å². The van der Waals surface area contributed by atoms with Crippen LogP contribution < -0.4 is 0 Å². The molecule has 0 bridgehead atoms. The number of hydrogen-bond donors (Lipinski definition) is 2. The van der Waals surface area contributed by atoms with Gasteiger partial charge in [-0.15, -0.1) is 0 Å². The van der Waals surface area contributed by atoms with E-state index in [0.717, 1.165) is 12.8 Å². The lowest BCUT2D eigenvalue weighted by molar-refractivity contribution is -0.0225. The van der Waals surface area contributed by atoms with E-state index in [9.17, 15) is 10.2 Å². The smallest absolute Gasteiger partial charge is 0.191 e. The first-order valence-electron chi connectivity index (χ1n) is 13.0. The topological polar surface area (TPSA) is 49.7 Å². The number of unbranched alkanes of at least 4 members (excludes halogenated alkanes) is 11. The molecule has 182 valence electrons. The van der Waals surface area contributed by atoms with Gasteiger partial charge in [-0.25, -0.2) is 0 Å². The highest BCUT2D eigenvalue weighted by Gasteiger charge is 2.37. The van der Waals surface area contributed by atoms with Gasteiger partial charge in [0.2, 0.25) is 0 Å². The Kier molecular flexibility index (Phi) is 16.7. The van der Waals surface area contributed by atoms with Crippen LogP contribution in [0.5, 0.6) is 0 Å². The van der Waals surface area contributed by atoms with Crippen molar-refractivity contribution in [3.05, 3.63) is 0 Å². The van der Waals surface area contributed by atoms with Crippen LogP contribution >= 0.6 is 0 Å². The molecule has 0 aliphatic carbocycles. The average molecular weight is 445 g/mol. The predicted octanol–water partition coefficient (Wildman–Crippen LogP) is 7.85. The van der Waals surface area contributed by atoms with Crippen LogP contribution in [-0.2, 0) is 4.43 Å². The van der Waals surface area contributed by atoms with E-state index in [4.69, 9.17) is 4.43 Å². The molecule has 0 aliphatic heterocycles. The Labute approximate surface area is 190 Å². The van der Waals surface area contributed by atoms with Gasteiger partial charge in [-0.3, -0.25) is 0 Å². The van der Waals surface area contributed by atoms with Crippen molar-refractivity contribution in [1.29, 1.82) is 0 Å².